The molecule has 1 fully saturated rings. The average molecular weight is 230 g/mol. The number of thioether (sulfide) groups is 1. The van der Waals surface area contributed by atoms with Crippen LogP contribution in [0.2, 0.25) is 0 Å². The van der Waals surface area contributed by atoms with Gasteiger partial charge in [0.25, 0.3) is 0 Å². The van der Waals surface area contributed by atoms with E-state index in [1.165, 1.54) is 0 Å². The van der Waals surface area contributed by atoms with Gasteiger partial charge in [-0.1, -0.05) is 0 Å². The van der Waals surface area contributed by atoms with Crippen LogP contribution in [-0.4, -0.2) is 41.8 Å². The Labute approximate surface area is 94.6 Å². The minimum Gasteiger partial charge on any atom is -0.369 e. The molecule has 0 aliphatic carbocycles. The highest BCUT2D eigenvalue weighted by Gasteiger charge is 2.25. The summed E-state index contributed by atoms with van der Waals surface area (Å²) in [4.78, 5) is 24.4. The molecule has 1 heterocycles. The van der Waals surface area contributed by atoms with Crippen LogP contribution in [0.5, 0.6) is 0 Å². The van der Waals surface area contributed by atoms with Gasteiger partial charge in [0.1, 0.15) is 0 Å². The Morgan fingerprint density at radius 3 is 2.47 bits per heavy atom. The van der Waals surface area contributed by atoms with Crippen LogP contribution < -0.4 is 5.73 Å². The molecule has 4 nitrogen and oxygen atoms in total. The van der Waals surface area contributed by atoms with Gasteiger partial charge in [-0.15, -0.1) is 0 Å². The fourth-order valence-electron chi connectivity index (χ4n) is 1.76. The predicted octanol–water partition coefficient (Wildman–Crippen LogP) is 0.463. The predicted molar refractivity (Wildman–Crippen MR) is 61.5 cm³/mol. The molecule has 0 aromatic rings. The zero-order valence-electron chi connectivity index (χ0n) is 9.07. The molecule has 2 amide bonds. The van der Waals surface area contributed by atoms with Gasteiger partial charge in [-0.25, -0.2) is 0 Å². The smallest absolute Gasteiger partial charge is 0.223 e. The molecule has 0 radical (unpaired) electrons. The Bertz CT molecular complexity index is 238. The van der Waals surface area contributed by atoms with Gasteiger partial charge in [-0.3, -0.25) is 9.59 Å². The van der Waals surface area contributed by atoms with Gasteiger partial charge in [0.15, 0.2) is 0 Å². The highest BCUT2D eigenvalue weighted by Crippen LogP contribution is 2.17. The summed E-state index contributed by atoms with van der Waals surface area (Å²) < 4.78 is 0. The van der Waals surface area contributed by atoms with Gasteiger partial charge < -0.3 is 10.6 Å². The largest absolute Gasteiger partial charge is 0.369 e. The van der Waals surface area contributed by atoms with E-state index in [0.717, 1.165) is 18.6 Å². The second-order valence-electron chi connectivity index (χ2n) is 3.80. The molecule has 1 aliphatic rings. The number of carbonyl (C=O) groups is 2. The average Bonchev–Trinajstić information content (AvgIpc) is 2.26. The summed E-state index contributed by atoms with van der Waals surface area (Å²) >= 11 is 1.68. The topological polar surface area (TPSA) is 63.4 Å². The van der Waals surface area contributed by atoms with Crippen LogP contribution in [0.4, 0.5) is 0 Å². The van der Waals surface area contributed by atoms with E-state index in [-0.39, 0.29) is 17.7 Å². The van der Waals surface area contributed by atoms with Crippen LogP contribution in [0.15, 0.2) is 0 Å². The molecule has 15 heavy (non-hydrogen) atoms. The van der Waals surface area contributed by atoms with Crippen molar-refractivity contribution in [2.45, 2.75) is 19.3 Å². The molecule has 0 unspecified atom stereocenters. The lowest BCUT2D eigenvalue weighted by Gasteiger charge is -2.30. The molecule has 86 valence electrons. The number of nitrogens with two attached hydrogens (primary N) is 1. The number of carbonyl (C=O) groups excluding carboxylic acids is 2. The first-order chi connectivity index (χ1) is 7.15. The first-order valence-corrected chi connectivity index (χ1v) is 6.60. The lowest BCUT2D eigenvalue weighted by atomic mass is 9.96. The summed E-state index contributed by atoms with van der Waals surface area (Å²) in [5, 5.41) is 0. The molecule has 0 atom stereocenters. The Balaban J connectivity index is 2.30. The maximum absolute atomic E-state index is 11.6. The molecule has 1 aliphatic heterocycles. The van der Waals surface area contributed by atoms with Gasteiger partial charge in [0, 0.05) is 31.2 Å². The molecule has 0 saturated carbocycles. The maximum atomic E-state index is 11.6. The number of nitrogens with zero attached hydrogens (tertiary/aromatic N) is 1. The SMILES string of the molecule is CSCCC(=O)N1CCC(C(N)=O)CC1. The summed E-state index contributed by atoms with van der Waals surface area (Å²) in [5.74, 6) is 0.808. The second-order valence-corrected chi connectivity index (χ2v) is 4.79. The number of hydrogen-bond acceptors (Lipinski definition) is 3. The molecule has 0 bridgehead atoms. The number of primary amides is 1. The van der Waals surface area contributed by atoms with Crippen molar-refractivity contribution in [2.75, 3.05) is 25.1 Å². The number of rotatable bonds is 4. The van der Waals surface area contributed by atoms with Crippen molar-refractivity contribution in [3.8, 4) is 0 Å². The molecule has 0 aromatic carbocycles. The van der Waals surface area contributed by atoms with E-state index < -0.39 is 0 Å². The Morgan fingerprint density at radius 2 is 2.00 bits per heavy atom. The molecular weight excluding hydrogens is 212 g/mol. The van der Waals surface area contributed by atoms with Crippen LogP contribution >= 0.6 is 11.8 Å². The lowest BCUT2D eigenvalue weighted by molar-refractivity contribution is -0.134. The molecule has 5 heteroatoms. The Kier molecular flexibility index (Phi) is 4.94. The van der Waals surface area contributed by atoms with Crippen molar-refractivity contribution in [3.63, 3.8) is 0 Å². The summed E-state index contributed by atoms with van der Waals surface area (Å²) in [7, 11) is 0. The van der Waals surface area contributed by atoms with E-state index in [2.05, 4.69) is 0 Å². The van der Waals surface area contributed by atoms with Gasteiger partial charge in [-0.05, 0) is 19.1 Å². The van der Waals surface area contributed by atoms with Crippen LogP contribution in [0.25, 0.3) is 0 Å². The number of hydrogen-bond donors (Lipinski definition) is 1. The van der Waals surface area contributed by atoms with Crippen LogP contribution in [-0.2, 0) is 9.59 Å². The van der Waals surface area contributed by atoms with E-state index >= 15 is 0 Å². The van der Waals surface area contributed by atoms with Crippen molar-refractivity contribution < 1.29 is 9.59 Å². The third-order valence-corrected chi connectivity index (χ3v) is 3.38. The molecule has 2 N–H and O–H groups in total. The van der Waals surface area contributed by atoms with Gasteiger partial charge in [0.2, 0.25) is 11.8 Å². The second kappa shape index (κ2) is 6.00. The zero-order chi connectivity index (χ0) is 11.3. The third kappa shape index (κ3) is 3.74. The third-order valence-electron chi connectivity index (χ3n) is 2.77. The summed E-state index contributed by atoms with van der Waals surface area (Å²) in [6.45, 7) is 1.36. The van der Waals surface area contributed by atoms with E-state index in [9.17, 15) is 9.59 Å². The highest BCUT2D eigenvalue weighted by molar-refractivity contribution is 7.98. The summed E-state index contributed by atoms with van der Waals surface area (Å²) in [6, 6.07) is 0. The zero-order valence-corrected chi connectivity index (χ0v) is 9.89. The number of amides is 2. The lowest BCUT2D eigenvalue weighted by Crippen LogP contribution is -2.41. The summed E-state index contributed by atoms with van der Waals surface area (Å²) in [5.41, 5.74) is 5.22. The van der Waals surface area contributed by atoms with Crippen LogP contribution in [0, 0.1) is 5.92 Å². The monoisotopic (exact) mass is 230 g/mol. The van der Waals surface area contributed by atoms with E-state index in [0.29, 0.717) is 19.5 Å². The van der Waals surface area contributed by atoms with Crippen LogP contribution in [0.1, 0.15) is 19.3 Å². The van der Waals surface area contributed by atoms with E-state index in [1.807, 2.05) is 11.2 Å². The molecule has 1 rings (SSSR count). The minimum atomic E-state index is -0.230. The number of piperidine rings is 1. The van der Waals surface area contributed by atoms with Crippen molar-refractivity contribution in [2.24, 2.45) is 11.7 Å². The van der Waals surface area contributed by atoms with Crippen LogP contribution in [0.3, 0.4) is 0 Å². The fourth-order valence-corrected chi connectivity index (χ4v) is 2.14. The van der Waals surface area contributed by atoms with Gasteiger partial charge in [0.05, 0.1) is 0 Å². The highest BCUT2D eigenvalue weighted by atomic mass is 32.2. The molecule has 0 spiro atoms. The van der Waals surface area contributed by atoms with Crippen molar-refractivity contribution in [3.05, 3.63) is 0 Å². The molecule has 0 aromatic heterocycles. The fraction of sp³-hybridized carbons (Fsp3) is 0.800. The van der Waals surface area contributed by atoms with Crippen molar-refractivity contribution in [1.82, 2.24) is 4.90 Å². The van der Waals surface area contributed by atoms with E-state index in [1.54, 1.807) is 11.8 Å². The first-order valence-electron chi connectivity index (χ1n) is 5.21. The Hall–Kier alpha value is -0.710. The van der Waals surface area contributed by atoms with E-state index in [4.69, 9.17) is 5.73 Å². The van der Waals surface area contributed by atoms with Crippen molar-refractivity contribution >= 4 is 23.6 Å². The molecular formula is C10H18N2O2S. The molecule has 1 saturated heterocycles. The summed E-state index contributed by atoms with van der Waals surface area (Å²) in [6.07, 6.45) is 4.04. The number of likely N-dealkylation sites (tertiary alicyclic amines) is 1. The van der Waals surface area contributed by atoms with Crippen molar-refractivity contribution in [1.29, 1.82) is 0 Å². The standard InChI is InChI=1S/C10H18N2O2S/c1-15-7-4-9(13)12-5-2-8(3-6-12)10(11)14/h8H,2-7H2,1H3,(H2,11,14). The minimum absolute atomic E-state index is 0.0328. The normalized spacial score (nSPS) is 17.8. The Morgan fingerprint density at radius 1 is 1.40 bits per heavy atom. The first kappa shape index (κ1) is 12.4. The quantitative estimate of drug-likeness (QED) is 0.763. The maximum Gasteiger partial charge on any atom is 0.223 e. The van der Waals surface area contributed by atoms with Gasteiger partial charge in [-0.2, -0.15) is 11.8 Å². The van der Waals surface area contributed by atoms with Gasteiger partial charge >= 0.3 is 0 Å².